The Morgan fingerprint density at radius 1 is 1.56 bits per heavy atom. The Bertz CT molecular complexity index is 270. The van der Waals surface area contributed by atoms with Crippen molar-refractivity contribution in [1.29, 1.82) is 0 Å². The van der Waals surface area contributed by atoms with Gasteiger partial charge in [0.2, 0.25) is 5.91 Å². The van der Waals surface area contributed by atoms with Gasteiger partial charge in [-0.1, -0.05) is 6.92 Å². The van der Waals surface area contributed by atoms with Crippen molar-refractivity contribution in [2.75, 3.05) is 19.6 Å². The van der Waals surface area contributed by atoms with Crippen molar-refractivity contribution in [2.24, 2.45) is 17.6 Å². The molecule has 0 aromatic carbocycles. The highest BCUT2D eigenvalue weighted by Crippen LogP contribution is 2.44. The average Bonchev–Trinajstić information content (AvgIpc) is 3.04. The Morgan fingerprint density at radius 2 is 2.19 bits per heavy atom. The van der Waals surface area contributed by atoms with E-state index in [4.69, 9.17) is 5.73 Å². The van der Waals surface area contributed by atoms with Gasteiger partial charge in [-0.2, -0.15) is 0 Å². The number of rotatable bonds is 5. The monoisotopic (exact) mass is 226 g/mol. The third-order valence-corrected chi connectivity index (χ3v) is 3.87. The number of nitrogens with zero attached hydrogens (tertiary/aromatic N) is 1. The second kappa shape index (κ2) is 4.34. The molecule has 0 bridgehead atoms. The van der Waals surface area contributed by atoms with Crippen LogP contribution in [0.1, 0.15) is 32.6 Å². The molecule has 0 aromatic heterocycles. The van der Waals surface area contributed by atoms with Crippen LogP contribution in [0.3, 0.4) is 0 Å². The molecule has 0 radical (unpaired) electrons. The first-order chi connectivity index (χ1) is 7.55. The molecule has 1 aliphatic heterocycles. The summed E-state index contributed by atoms with van der Waals surface area (Å²) in [6.07, 6.45) is 3.68. The summed E-state index contributed by atoms with van der Waals surface area (Å²) in [5.74, 6) is 1.04. The molecule has 1 atom stereocenters. The van der Waals surface area contributed by atoms with E-state index in [0.717, 1.165) is 19.3 Å². The molecule has 1 amide bonds. The molecule has 1 aliphatic carbocycles. The quantitative estimate of drug-likeness (QED) is 0.710. The lowest BCUT2D eigenvalue weighted by Crippen LogP contribution is -2.64. The minimum absolute atomic E-state index is 0.172. The highest BCUT2D eigenvalue weighted by molar-refractivity contribution is 5.77. The van der Waals surface area contributed by atoms with Gasteiger partial charge in [0.1, 0.15) is 5.60 Å². The summed E-state index contributed by atoms with van der Waals surface area (Å²) in [7, 11) is 0. The van der Waals surface area contributed by atoms with Gasteiger partial charge in [0.15, 0.2) is 0 Å². The molecule has 3 N–H and O–H groups in total. The maximum Gasteiger partial charge on any atom is 0.222 e. The van der Waals surface area contributed by atoms with Crippen molar-refractivity contribution in [2.45, 2.75) is 38.2 Å². The fourth-order valence-electron chi connectivity index (χ4n) is 2.32. The van der Waals surface area contributed by atoms with Crippen LogP contribution in [-0.2, 0) is 4.79 Å². The Hall–Kier alpha value is -0.610. The predicted molar refractivity (Wildman–Crippen MR) is 61.7 cm³/mol. The van der Waals surface area contributed by atoms with Gasteiger partial charge in [-0.25, -0.2) is 0 Å². The predicted octanol–water partition coefficient (Wildman–Crippen LogP) is 0.345. The van der Waals surface area contributed by atoms with E-state index in [2.05, 4.69) is 6.92 Å². The van der Waals surface area contributed by atoms with E-state index in [9.17, 15) is 9.90 Å². The van der Waals surface area contributed by atoms with Gasteiger partial charge in [-0.15, -0.1) is 0 Å². The van der Waals surface area contributed by atoms with Crippen LogP contribution in [-0.4, -0.2) is 41.1 Å². The number of hydrogen-bond acceptors (Lipinski definition) is 3. The molecular weight excluding hydrogens is 204 g/mol. The van der Waals surface area contributed by atoms with Crippen LogP contribution < -0.4 is 5.73 Å². The zero-order valence-electron chi connectivity index (χ0n) is 9.98. The molecule has 92 valence electrons. The van der Waals surface area contributed by atoms with Crippen molar-refractivity contribution in [3.05, 3.63) is 0 Å². The fraction of sp³-hybridized carbons (Fsp3) is 0.917. The van der Waals surface area contributed by atoms with Gasteiger partial charge in [0.05, 0.1) is 13.1 Å². The van der Waals surface area contributed by atoms with Crippen molar-refractivity contribution >= 4 is 5.91 Å². The van der Waals surface area contributed by atoms with Crippen LogP contribution in [0, 0.1) is 11.8 Å². The first-order valence-electron chi connectivity index (χ1n) is 6.25. The Morgan fingerprint density at radius 3 is 2.69 bits per heavy atom. The number of likely N-dealkylation sites (tertiary alicyclic amines) is 1. The van der Waals surface area contributed by atoms with Gasteiger partial charge in [-0.05, 0) is 37.6 Å². The minimum Gasteiger partial charge on any atom is -0.386 e. The van der Waals surface area contributed by atoms with Crippen LogP contribution in [0.15, 0.2) is 0 Å². The van der Waals surface area contributed by atoms with Crippen LogP contribution in [0.5, 0.6) is 0 Å². The molecule has 2 rings (SSSR count). The number of hydrogen-bond donors (Lipinski definition) is 2. The standard InChI is InChI=1S/C12H22N2O2/c1-9(6-13)2-5-11(15)14-7-12(16,8-14)10-3-4-10/h9-10,16H,2-8,13H2,1H3. The molecule has 4 heteroatoms. The molecule has 16 heavy (non-hydrogen) atoms. The highest BCUT2D eigenvalue weighted by atomic mass is 16.3. The van der Waals surface area contributed by atoms with Crippen molar-refractivity contribution in [3.63, 3.8) is 0 Å². The lowest BCUT2D eigenvalue weighted by Gasteiger charge is -2.47. The number of carbonyl (C=O) groups excluding carboxylic acids is 1. The number of amides is 1. The Kier molecular flexibility index (Phi) is 3.22. The topological polar surface area (TPSA) is 66.6 Å². The third kappa shape index (κ3) is 2.38. The fourth-order valence-corrected chi connectivity index (χ4v) is 2.32. The number of β-amino-alcohol motifs (C(OH)–C–C–N with tert-alkyl or cyclic N) is 1. The van der Waals surface area contributed by atoms with Crippen molar-refractivity contribution in [3.8, 4) is 0 Å². The first-order valence-corrected chi connectivity index (χ1v) is 6.25. The summed E-state index contributed by atoms with van der Waals surface area (Å²) < 4.78 is 0. The van der Waals surface area contributed by atoms with Crippen LogP contribution >= 0.6 is 0 Å². The number of nitrogens with two attached hydrogens (primary N) is 1. The van der Waals surface area contributed by atoms with E-state index < -0.39 is 5.60 Å². The molecule has 1 unspecified atom stereocenters. The SMILES string of the molecule is CC(CN)CCC(=O)N1CC(O)(C2CC2)C1. The smallest absolute Gasteiger partial charge is 0.222 e. The minimum atomic E-state index is -0.546. The molecule has 2 fully saturated rings. The van der Waals surface area contributed by atoms with Crippen molar-refractivity contribution in [1.82, 2.24) is 4.90 Å². The maximum absolute atomic E-state index is 11.8. The summed E-state index contributed by atoms with van der Waals surface area (Å²) in [6.45, 7) is 3.80. The van der Waals surface area contributed by atoms with E-state index in [1.165, 1.54) is 0 Å². The third-order valence-electron chi connectivity index (χ3n) is 3.87. The lowest BCUT2D eigenvalue weighted by molar-refractivity contribution is -0.159. The van der Waals surface area contributed by atoms with Crippen molar-refractivity contribution < 1.29 is 9.90 Å². The molecule has 2 aliphatic rings. The summed E-state index contributed by atoms with van der Waals surface area (Å²) in [6, 6.07) is 0. The number of aliphatic hydroxyl groups is 1. The summed E-state index contributed by atoms with van der Waals surface area (Å²) in [5, 5.41) is 10.1. The molecule has 4 nitrogen and oxygen atoms in total. The van der Waals surface area contributed by atoms with Crippen LogP contribution in [0.4, 0.5) is 0 Å². The average molecular weight is 226 g/mol. The summed E-state index contributed by atoms with van der Waals surface area (Å²) >= 11 is 0. The Labute approximate surface area is 96.8 Å². The first kappa shape index (κ1) is 11.9. The molecule has 1 heterocycles. The van der Waals surface area contributed by atoms with Gasteiger partial charge >= 0.3 is 0 Å². The normalized spacial score (nSPS) is 25.1. The van der Waals surface area contributed by atoms with E-state index >= 15 is 0 Å². The largest absolute Gasteiger partial charge is 0.386 e. The Balaban J connectivity index is 1.68. The second-order valence-electron chi connectivity index (χ2n) is 5.51. The van der Waals surface area contributed by atoms with E-state index in [0.29, 0.717) is 37.9 Å². The second-order valence-corrected chi connectivity index (χ2v) is 5.51. The molecule has 0 spiro atoms. The molecular formula is C12H22N2O2. The van der Waals surface area contributed by atoms with Gasteiger partial charge < -0.3 is 15.7 Å². The van der Waals surface area contributed by atoms with Gasteiger partial charge in [0.25, 0.3) is 0 Å². The van der Waals surface area contributed by atoms with Gasteiger partial charge in [0, 0.05) is 6.42 Å². The van der Waals surface area contributed by atoms with E-state index in [1.807, 2.05) is 0 Å². The van der Waals surface area contributed by atoms with Gasteiger partial charge in [-0.3, -0.25) is 4.79 Å². The molecule has 0 aromatic rings. The molecule has 1 saturated heterocycles. The number of carbonyl (C=O) groups is 1. The van der Waals surface area contributed by atoms with Crippen LogP contribution in [0.2, 0.25) is 0 Å². The summed E-state index contributed by atoms with van der Waals surface area (Å²) in [5.41, 5.74) is 4.96. The molecule has 1 saturated carbocycles. The maximum atomic E-state index is 11.8. The highest BCUT2D eigenvalue weighted by Gasteiger charge is 2.52. The lowest BCUT2D eigenvalue weighted by atomic mass is 9.88. The zero-order chi connectivity index (χ0) is 11.8. The van der Waals surface area contributed by atoms with E-state index in [-0.39, 0.29) is 5.91 Å². The van der Waals surface area contributed by atoms with E-state index in [1.54, 1.807) is 4.90 Å². The van der Waals surface area contributed by atoms with Crippen LogP contribution in [0.25, 0.3) is 0 Å². The summed E-state index contributed by atoms with van der Waals surface area (Å²) in [4.78, 5) is 13.5. The zero-order valence-corrected chi connectivity index (χ0v) is 9.98.